The van der Waals surface area contributed by atoms with Crippen molar-refractivity contribution in [3.63, 3.8) is 0 Å². The number of nitrogens with one attached hydrogen (secondary N) is 1. The van der Waals surface area contributed by atoms with Gasteiger partial charge in [-0.25, -0.2) is 13.1 Å². The quantitative estimate of drug-likeness (QED) is 0.817. The fraction of sp³-hybridized carbons (Fsp3) is 0.474. The number of sulfonamides is 1. The van der Waals surface area contributed by atoms with Crippen LogP contribution in [-0.4, -0.2) is 39.0 Å². The van der Waals surface area contributed by atoms with Crippen molar-refractivity contribution in [2.24, 2.45) is 5.92 Å². The van der Waals surface area contributed by atoms with E-state index >= 15 is 0 Å². The molecule has 1 heterocycles. The van der Waals surface area contributed by atoms with Gasteiger partial charge in [-0.15, -0.1) is 0 Å². The first kappa shape index (κ1) is 17.4. The minimum absolute atomic E-state index is 0.365. The molecule has 1 saturated heterocycles. The third-order valence-electron chi connectivity index (χ3n) is 4.87. The zero-order valence-electron chi connectivity index (χ0n) is 14.4. The number of benzene rings is 2. The highest BCUT2D eigenvalue weighted by Crippen LogP contribution is 2.23. The Kier molecular flexibility index (Phi) is 5.23. The second kappa shape index (κ2) is 7.21. The van der Waals surface area contributed by atoms with Crippen LogP contribution in [0.3, 0.4) is 0 Å². The lowest BCUT2D eigenvalue weighted by Gasteiger charge is -2.20. The molecule has 0 bridgehead atoms. The normalized spacial score (nSPS) is 22.2. The van der Waals surface area contributed by atoms with E-state index in [0.717, 1.165) is 36.2 Å². The Labute approximate surface area is 144 Å². The lowest BCUT2D eigenvalue weighted by atomic mass is 10.1. The van der Waals surface area contributed by atoms with Crippen LogP contribution in [0.1, 0.15) is 26.7 Å². The molecule has 4 nitrogen and oxygen atoms in total. The lowest BCUT2D eigenvalue weighted by Crippen LogP contribution is -2.32. The van der Waals surface area contributed by atoms with Gasteiger partial charge in [-0.05, 0) is 43.7 Å². The molecule has 0 radical (unpaired) electrons. The Morgan fingerprint density at radius 1 is 1.12 bits per heavy atom. The molecule has 1 aliphatic rings. The second-order valence-corrected chi connectivity index (χ2v) is 8.65. The van der Waals surface area contributed by atoms with Gasteiger partial charge in [-0.3, -0.25) is 0 Å². The minimum Gasteiger partial charge on any atom is -0.300 e. The molecule has 2 atom stereocenters. The highest BCUT2D eigenvalue weighted by atomic mass is 32.2. The largest absolute Gasteiger partial charge is 0.300 e. The summed E-state index contributed by atoms with van der Waals surface area (Å²) in [7, 11) is -3.48. The van der Waals surface area contributed by atoms with Crippen LogP contribution in [-0.2, 0) is 10.0 Å². The fourth-order valence-electron chi connectivity index (χ4n) is 3.69. The van der Waals surface area contributed by atoms with E-state index in [-0.39, 0.29) is 0 Å². The van der Waals surface area contributed by atoms with E-state index in [0.29, 0.717) is 17.5 Å². The maximum Gasteiger partial charge on any atom is 0.241 e. The molecule has 2 aromatic rings. The summed E-state index contributed by atoms with van der Waals surface area (Å²) in [5, 5.41) is 1.72. The molecule has 2 unspecified atom stereocenters. The molecule has 0 aromatic heterocycles. The predicted molar refractivity (Wildman–Crippen MR) is 98.6 cm³/mol. The summed E-state index contributed by atoms with van der Waals surface area (Å²) in [4.78, 5) is 2.82. The van der Waals surface area contributed by atoms with E-state index in [1.54, 1.807) is 12.1 Å². The van der Waals surface area contributed by atoms with Crippen molar-refractivity contribution in [1.29, 1.82) is 0 Å². The molecule has 130 valence electrons. The number of hydrogen-bond donors (Lipinski definition) is 1. The molecule has 0 aliphatic carbocycles. The molecule has 0 amide bonds. The van der Waals surface area contributed by atoms with Gasteiger partial charge in [-0.2, -0.15) is 0 Å². The first-order valence-electron chi connectivity index (χ1n) is 8.69. The van der Waals surface area contributed by atoms with E-state index in [4.69, 9.17) is 0 Å². The molecule has 2 aromatic carbocycles. The number of rotatable bonds is 6. The van der Waals surface area contributed by atoms with Crippen molar-refractivity contribution in [2.75, 3.05) is 19.6 Å². The summed E-state index contributed by atoms with van der Waals surface area (Å²) >= 11 is 0. The number of nitrogens with zero attached hydrogens (tertiary/aromatic N) is 1. The zero-order valence-corrected chi connectivity index (χ0v) is 15.2. The average molecular weight is 346 g/mol. The number of hydrogen-bond acceptors (Lipinski definition) is 3. The maximum absolute atomic E-state index is 12.6. The van der Waals surface area contributed by atoms with Crippen LogP contribution in [0.4, 0.5) is 0 Å². The van der Waals surface area contributed by atoms with Crippen LogP contribution >= 0.6 is 0 Å². The van der Waals surface area contributed by atoms with Crippen LogP contribution < -0.4 is 4.72 Å². The SMILES string of the molecule is CC1CC(C)N(CCCNS(=O)(=O)c2cccc3ccccc23)C1. The van der Waals surface area contributed by atoms with Gasteiger partial charge < -0.3 is 4.90 Å². The van der Waals surface area contributed by atoms with E-state index in [2.05, 4.69) is 23.5 Å². The highest BCUT2D eigenvalue weighted by molar-refractivity contribution is 7.89. The summed E-state index contributed by atoms with van der Waals surface area (Å²) in [6, 6.07) is 13.6. The molecular weight excluding hydrogens is 320 g/mol. The topological polar surface area (TPSA) is 49.4 Å². The monoisotopic (exact) mass is 346 g/mol. The number of fused-ring (bicyclic) bond motifs is 1. The molecule has 0 saturated carbocycles. The molecular formula is C19H26N2O2S. The standard InChI is InChI=1S/C19H26N2O2S/c1-15-13-16(2)21(14-15)12-6-11-20-24(22,23)19-10-5-8-17-7-3-4-9-18(17)19/h3-5,7-10,15-16,20H,6,11-14H2,1-2H3. The van der Waals surface area contributed by atoms with Crippen molar-refractivity contribution in [2.45, 2.75) is 37.6 Å². The van der Waals surface area contributed by atoms with E-state index in [9.17, 15) is 8.42 Å². The van der Waals surface area contributed by atoms with E-state index in [1.807, 2.05) is 30.3 Å². The summed E-state index contributed by atoms with van der Waals surface area (Å²) < 4.78 is 28.0. The van der Waals surface area contributed by atoms with Gasteiger partial charge in [0.1, 0.15) is 0 Å². The number of likely N-dealkylation sites (tertiary alicyclic amines) is 1. The molecule has 1 N–H and O–H groups in total. The van der Waals surface area contributed by atoms with Gasteiger partial charge in [-0.1, -0.05) is 43.3 Å². The third kappa shape index (κ3) is 3.79. The molecule has 3 rings (SSSR count). The Morgan fingerprint density at radius 2 is 1.88 bits per heavy atom. The fourth-order valence-corrected chi connectivity index (χ4v) is 5.00. The Morgan fingerprint density at radius 3 is 2.62 bits per heavy atom. The van der Waals surface area contributed by atoms with Crippen LogP contribution in [0.25, 0.3) is 10.8 Å². The van der Waals surface area contributed by atoms with Gasteiger partial charge in [0.05, 0.1) is 4.90 Å². The Hall–Kier alpha value is -1.43. The molecule has 0 spiro atoms. The van der Waals surface area contributed by atoms with Gasteiger partial charge in [0.25, 0.3) is 0 Å². The van der Waals surface area contributed by atoms with Crippen LogP contribution in [0.5, 0.6) is 0 Å². The third-order valence-corrected chi connectivity index (χ3v) is 6.39. The van der Waals surface area contributed by atoms with Gasteiger partial charge in [0, 0.05) is 24.5 Å². The second-order valence-electron chi connectivity index (χ2n) is 6.91. The molecule has 5 heteroatoms. The van der Waals surface area contributed by atoms with Gasteiger partial charge >= 0.3 is 0 Å². The molecule has 1 fully saturated rings. The van der Waals surface area contributed by atoms with E-state index < -0.39 is 10.0 Å². The Balaban J connectivity index is 1.62. The van der Waals surface area contributed by atoms with Crippen LogP contribution in [0, 0.1) is 5.92 Å². The van der Waals surface area contributed by atoms with Crippen molar-refractivity contribution in [3.05, 3.63) is 42.5 Å². The molecule has 24 heavy (non-hydrogen) atoms. The van der Waals surface area contributed by atoms with E-state index in [1.165, 1.54) is 6.42 Å². The minimum atomic E-state index is -3.48. The first-order chi connectivity index (χ1) is 11.5. The highest BCUT2D eigenvalue weighted by Gasteiger charge is 2.25. The average Bonchev–Trinajstić information content (AvgIpc) is 2.88. The first-order valence-corrected chi connectivity index (χ1v) is 10.2. The van der Waals surface area contributed by atoms with Crippen molar-refractivity contribution < 1.29 is 8.42 Å². The maximum atomic E-state index is 12.6. The smallest absolute Gasteiger partial charge is 0.241 e. The van der Waals surface area contributed by atoms with Crippen molar-refractivity contribution >= 4 is 20.8 Å². The van der Waals surface area contributed by atoms with Crippen LogP contribution in [0.2, 0.25) is 0 Å². The van der Waals surface area contributed by atoms with Gasteiger partial charge in [0.2, 0.25) is 10.0 Å². The molecule has 1 aliphatic heterocycles. The summed E-state index contributed by atoms with van der Waals surface area (Å²) in [5.41, 5.74) is 0. The Bertz CT molecular complexity index is 799. The lowest BCUT2D eigenvalue weighted by molar-refractivity contribution is 0.262. The summed E-state index contributed by atoms with van der Waals surface area (Å²) in [6.45, 7) is 7.08. The predicted octanol–water partition coefficient (Wildman–Crippen LogP) is 3.24. The van der Waals surface area contributed by atoms with Gasteiger partial charge in [0.15, 0.2) is 0 Å². The van der Waals surface area contributed by atoms with Crippen LogP contribution in [0.15, 0.2) is 47.4 Å². The van der Waals surface area contributed by atoms with Crippen molar-refractivity contribution in [1.82, 2.24) is 9.62 Å². The summed E-state index contributed by atoms with van der Waals surface area (Å²) in [6.07, 6.45) is 2.07. The summed E-state index contributed by atoms with van der Waals surface area (Å²) in [5.74, 6) is 0.743. The zero-order chi connectivity index (χ0) is 17.2. The van der Waals surface area contributed by atoms with Crippen molar-refractivity contribution in [3.8, 4) is 0 Å².